The van der Waals surface area contributed by atoms with Crippen LogP contribution in [0.1, 0.15) is 22.3 Å². The second-order valence-corrected chi connectivity index (χ2v) is 5.32. The first-order chi connectivity index (χ1) is 9.71. The molecule has 1 amide bonds. The standard InChI is InChI=1S/C14H16F4N2O/c1-19(2)9-6-7-20(8-9)13(21)10-4-3-5-11(12(10)15)14(16,17)18/h3-5,9H,6-8H2,1-2H3. The van der Waals surface area contributed by atoms with Crippen LogP contribution < -0.4 is 0 Å². The van der Waals surface area contributed by atoms with Gasteiger partial charge in [-0.3, -0.25) is 4.79 Å². The van der Waals surface area contributed by atoms with Crippen molar-refractivity contribution >= 4 is 5.91 Å². The number of alkyl halides is 3. The lowest BCUT2D eigenvalue weighted by Crippen LogP contribution is -2.35. The summed E-state index contributed by atoms with van der Waals surface area (Å²) in [5.74, 6) is -2.19. The molecule has 0 N–H and O–H groups in total. The Morgan fingerprint density at radius 3 is 2.52 bits per heavy atom. The number of likely N-dealkylation sites (N-methyl/N-ethyl adjacent to an activating group) is 1. The smallest absolute Gasteiger partial charge is 0.337 e. The SMILES string of the molecule is CN(C)C1CCN(C(=O)c2cccc(C(F)(F)F)c2F)C1. The zero-order valence-electron chi connectivity index (χ0n) is 11.7. The number of amides is 1. The van der Waals surface area contributed by atoms with Gasteiger partial charge in [0.15, 0.2) is 0 Å². The maximum absolute atomic E-state index is 14.0. The van der Waals surface area contributed by atoms with Gasteiger partial charge in [-0.2, -0.15) is 13.2 Å². The molecule has 21 heavy (non-hydrogen) atoms. The highest BCUT2D eigenvalue weighted by Gasteiger charge is 2.37. The summed E-state index contributed by atoms with van der Waals surface area (Å²) < 4.78 is 51.9. The third kappa shape index (κ3) is 3.18. The summed E-state index contributed by atoms with van der Waals surface area (Å²) in [6.45, 7) is 0.804. The van der Waals surface area contributed by atoms with Crippen LogP contribution in [0.4, 0.5) is 17.6 Å². The van der Waals surface area contributed by atoms with Gasteiger partial charge in [0.25, 0.3) is 5.91 Å². The molecule has 1 heterocycles. The van der Waals surface area contributed by atoms with Crippen LogP contribution in [-0.4, -0.2) is 48.9 Å². The van der Waals surface area contributed by atoms with Crippen LogP contribution in [0.25, 0.3) is 0 Å². The van der Waals surface area contributed by atoms with Crippen molar-refractivity contribution in [2.75, 3.05) is 27.2 Å². The summed E-state index contributed by atoms with van der Waals surface area (Å²) in [4.78, 5) is 15.5. The number of rotatable bonds is 2. The lowest BCUT2D eigenvalue weighted by molar-refractivity contribution is -0.140. The number of hydrogen-bond donors (Lipinski definition) is 0. The molecule has 0 radical (unpaired) electrons. The summed E-state index contributed by atoms with van der Waals surface area (Å²) in [5.41, 5.74) is -1.93. The zero-order valence-corrected chi connectivity index (χ0v) is 11.7. The fourth-order valence-electron chi connectivity index (χ4n) is 2.43. The molecule has 1 unspecified atom stereocenters. The predicted octanol–water partition coefficient (Wildman–Crippen LogP) is 2.62. The molecule has 1 fully saturated rings. The first-order valence-electron chi connectivity index (χ1n) is 6.53. The minimum atomic E-state index is -4.81. The van der Waals surface area contributed by atoms with Crippen molar-refractivity contribution in [3.05, 3.63) is 35.1 Å². The second-order valence-electron chi connectivity index (χ2n) is 5.32. The van der Waals surface area contributed by atoms with Gasteiger partial charge in [0.2, 0.25) is 0 Å². The summed E-state index contributed by atoms with van der Waals surface area (Å²) in [6.07, 6.45) is -4.09. The molecule has 0 spiro atoms. The van der Waals surface area contributed by atoms with Crippen LogP contribution in [-0.2, 0) is 6.18 Å². The first kappa shape index (κ1) is 15.8. The van der Waals surface area contributed by atoms with Crippen molar-refractivity contribution in [3.8, 4) is 0 Å². The van der Waals surface area contributed by atoms with Crippen LogP contribution in [0.5, 0.6) is 0 Å². The molecule has 0 bridgehead atoms. The Morgan fingerprint density at radius 2 is 2.00 bits per heavy atom. The van der Waals surface area contributed by atoms with Crippen molar-refractivity contribution < 1.29 is 22.4 Å². The highest BCUT2D eigenvalue weighted by Crippen LogP contribution is 2.33. The Bertz CT molecular complexity index is 542. The lowest BCUT2D eigenvalue weighted by Gasteiger charge is -2.21. The molecule has 1 aliphatic heterocycles. The highest BCUT2D eigenvalue weighted by molar-refractivity contribution is 5.95. The molecular weight excluding hydrogens is 288 g/mol. The zero-order chi connectivity index (χ0) is 15.8. The third-order valence-corrected chi connectivity index (χ3v) is 3.72. The summed E-state index contributed by atoms with van der Waals surface area (Å²) in [5, 5.41) is 0. The second kappa shape index (κ2) is 5.63. The Balaban J connectivity index is 2.25. The van der Waals surface area contributed by atoms with E-state index in [4.69, 9.17) is 0 Å². The summed E-state index contributed by atoms with van der Waals surface area (Å²) >= 11 is 0. The molecule has 3 nitrogen and oxygen atoms in total. The van der Waals surface area contributed by atoms with Gasteiger partial charge < -0.3 is 9.80 Å². The van der Waals surface area contributed by atoms with Crippen molar-refractivity contribution in [2.24, 2.45) is 0 Å². The maximum atomic E-state index is 14.0. The Kier molecular flexibility index (Phi) is 4.22. The Labute approximate surface area is 120 Å². The van der Waals surface area contributed by atoms with E-state index in [0.29, 0.717) is 19.2 Å². The molecule has 0 aliphatic carbocycles. The van der Waals surface area contributed by atoms with Gasteiger partial charge in [-0.25, -0.2) is 4.39 Å². The minimum absolute atomic E-state index is 0.141. The normalized spacial score (nSPS) is 19.4. The summed E-state index contributed by atoms with van der Waals surface area (Å²) in [6, 6.07) is 2.93. The number of hydrogen-bond acceptors (Lipinski definition) is 2. The van der Waals surface area contributed by atoms with Crippen LogP contribution >= 0.6 is 0 Å². The molecule has 1 aromatic carbocycles. The fourth-order valence-corrected chi connectivity index (χ4v) is 2.43. The third-order valence-electron chi connectivity index (χ3n) is 3.72. The van der Waals surface area contributed by atoms with E-state index in [1.807, 2.05) is 19.0 Å². The van der Waals surface area contributed by atoms with Gasteiger partial charge in [-0.1, -0.05) is 6.07 Å². The van der Waals surface area contributed by atoms with E-state index < -0.39 is 29.0 Å². The topological polar surface area (TPSA) is 23.6 Å². The van der Waals surface area contributed by atoms with Gasteiger partial charge >= 0.3 is 6.18 Å². The fraction of sp³-hybridized carbons (Fsp3) is 0.500. The van der Waals surface area contributed by atoms with E-state index in [1.54, 1.807) is 0 Å². The van der Waals surface area contributed by atoms with E-state index >= 15 is 0 Å². The van der Waals surface area contributed by atoms with Gasteiger partial charge in [-0.15, -0.1) is 0 Å². The minimum Gasteiger partial charge on any atom is -0.337 e. The van der Waals surface area contributed by atoms with Crippen LogP contribution in [0.3, 0.4) is 0 Å². The number of carbonyl (C=O) groups is 1. The highest BCUT2D eigenvalue weighted by atomic mass is 19.4. The molecule has 0 aromatic heterocycles. The van der Waals surface area contributed by atoms with Gasteiger partial charge in [0, 0.05) is 19.1 Å². The molecule has 2 rings (SSSR count). The summed E-state index contributed by atoms with van der Waals surface area (Å²) in [7, 11) is 3.73. The van der Waals surface area contributed by atoms with Gasteiger partial charge in [0.05, 0.1) is 11.1 Å². The first-order valence-corrected chi connectivity index (χ1v) is 6.53. The molecule has 1 aliphatic rings. The monoisotopic (exact) mass is 304 g/mol. The van der Waals surface area contributed by atoms with Gasteiger partial charge in [0.1, 0.15) is 5.82 Å². The number of halogens is 4. The van der Waals surface area contributed by atoms with E-state index in [9.17, 15) is 22.4 Å². The molecular formula is C14H16F4N2O. The van der Waals surface area contributed by atoms with Crippen LogP contribution in [0.2, 0.25) is 0 Å². The average molecular weight is 304 g/mol. The molecule has 1 atom stereocenters. The quantitative estimate of drug-likeness (QED) is 0.784. The number of carbonyl (C=O) groups excluding carboxylic acids is 1. The van der Waals surface area contributed by atoms with E-state index in [2.05, 4.69) is 0 Å². The lowest BCUT2D eigenvalue weighted by atomic mass is 10.1. The van der Waals surface area contributed by atoms with Crippen LogP contribution in [0, 0.1) is 5.82 Å². The van der Waals surface area contributed by atoms with Crippen molar-refractivity contribution in [3.63, 3.8) is 0 Å². The number of nitrogens with zero attached hydrogens (tertiary/aromatic N) is 2. The van der Waals surface area contributed by atoms with Crippen molar-refractivity contribution in [1.29, 1.82) is 0 Å². The molecule has 1 saturated heterocycles. The van der Waals surface area contributed by atoms with Crippen LogP contribution in [0.15, 0.2) is 18.2 Å². The average Bonchev–Trinajstić information content (AvgIpc) is 2.86. The Morgan fingerprint density at radius 1 is 1.33 bits per heavy atom. The largest absolute Gasteiger partial charge is 0.419 e. The molecule has 116 valence electrons. The molecule has 7 heteroatoms. The van der Waals surface area contributed by atoms with E-state index in [1.165, 1.54) is 4.90 Å². The molecule has 0 saturated carbocycles. The van der Waals surface area contributed by atoms with Crippen molar-refractivity contribution in [1.82, 2.24) is 9.80 Å². The maximum Gasteiger partial charge on any atom is 0.419 e. The van der Waals surface area contributed by atoms with Crippen molar-refractivity contribution in [2.45, 2.75) is 18.6 Å². The number of likely N-dealkylation sites (tertiary alicyclic amines) is 1. The molecule has 1 aromatic rings. The van der Waals surface area contributed by atoms with E-state index in [0.717, 1.165) is 18.6 Å². The number of benzene rings is 1. The predicted molar refractivity (Wildman–Crippen MR) is 69.4 cm³/mol. The Hall–Kier alpha value is -1.63. The van der Waals surface area contributed by atoms with Gasteiger partial charge in [-0.05, 0) is 32.6 Å². The van der Waals surface area contributed by atoms with E-state index in [-0.39, 0.29) is 6.04 Å².